The quantitative estimate of drug-likeness (QED) is 0.639. The van der Waals surface area contributed by atoms with Gasteiger partial charge in [-0.1, -0.05) is 29.5 Å². The van der Waals surface area contributed by atoms with Gasteiger partial charge in [-0.25, -0.2) is 4.98 Å². The average molecular weight is 398 g/mol. The maximum absolute atomic E-state index is 13.2. The average Bonchev–Trinajstić information content (AvgIpc) is 3.18. The number of hydrogen-bond acceptors (Lipinski definition) is 6. The lowest BCUT2D eigenvalue weighted by molar-refractivity contribution is 0.0391. The first-order valence-corrected chi connectivity index (χ1v) is 10.2. The highest BCUT2D eigenvalue weighted by Crippen LogP contribution is 2.32. The Kier molecular flexibility index (Phi) is 5.85. The standard InChI is InChI=1S/C21H23N3O3S/c1-26-17-7-8-18-19(15-17)28-21(22-18)24(10-9-23-11-13-27-14-12-23)20(25)16-5-3-2-4-6-16/h2-8,15H,9-14H2,1H3. The number of anilines is 1. The van der Waals surface area contributed by atoms with Gasteiger partial charge in [-0.2, -0.15) is 0 Å². The van der Waals surface area contributed by atoms with Crippen molar-refractivity contribution in [3.8, 4) is 5.75 Å². The van der Waals surface area contributed by atoms with Crippen LogP contribution in [0.1, 0.15) is 10.4 Å². The number of rotatable bonds is 6. The van der Waals surface area contributed by atoms with Crippen LogP contribution in [0, 0.1) is 0 Å². The van der Waals surface area contributed by atoms with Gasteiger partial charge in [0, 0.05) is 31.7 Å². The summed E-state index contributed by atoms with van der Waals surface area (Å²) in [6, 6.07) is 15.2. The molecule has 28 heavy (non-hydrogen) atoms. The molecular formula is C21H23N3O3S. The van der Waals surface area contributed by atoms with E-state index in [9.17, 15) is 4.79 Å². The van der Waals surface area contributed by atoms with Gasteiger partial charge in [0.2, 0.25) is 0 Å². The van der Waals surface area contributed by atoms with Crippen LogP contribution in [0.15, 0.2) is 48.5 Å². The topological polar surface area (TPSA) is 54.9 Å². The number of amides is 1. The summed E-state index contributed by atoms with van der Waals surface area (Å²) in [4.78, 5) is 22.1. The third kappa shape index (κ3) is 4.16. The van der Waals surface area contributed by atoms with Gasteiger partial charge < -0.3 is 9.47 Å². The first kappa shape index (κ1) is 18.9. The van der Waals surface area contributed by atoms with Gasteiger partial charge in [0.25, 0.3) is 5.91 Å². The van der Waals surface area contributed by atoms with E-state index >= 15 is 0 Å². The zero-order valence-electron chi connectivity index (χ0n) is 15.8. The Bertz CT molecular complexity index is 938. The van der Waals surface area contributed by atoms with E-state index in [1.165, 1.54) is 11.3 Å². The number of fused-ring (bicyclic) bond motifs is 1. The summed E-state index contributed by atoms with van der Waals surface area (Å²) >= 11 is 1.52. The molecule has 2 aromatic carbocycles. The van der Waals surface area contributed by atoms with Crippen molar-refractivity contribution >= 4 is 32.6 Å². The Hall–Kier alpha value is -2.48. The third-order valence-electron chi connectivity index (χ3n) is 4.82. The predicted octanol–water partition coefficient (Wildman–Crippen LogP) is 3.28. The number of ether oxygens (including phenoxy) is 2. The molecule has 0 radical (unpaired) electrons. The summed E-state index contributed by atoms with van der Waals surface area (Å²) in [6.07, 6.45) is 0. The molecule has 1 aromatic heterocycles. The van der Waals surface area contributed by atoms with Crippen molar-refractivity contribution < 1.29 is 14.3 Å². The number of aromatic nitrogens is 1. The minimum absolute atomic E-state index is 0.0279. The van der Waals surface area contributed by atoms with E-state index in [-0.39, 0.29) is 5.91 Å². The highest BCUT2D eigenvalue weighted by atomic mass is 32.1. The Balaban J connectivity index is 1.62. The number of methoxy groups -OCH3 is 1. The van der Waals surface area contributed by atoms with Crippen LogP contribution in [0.3, 0.4) is 0 Å². The first-order valence-electron chi connectivity index (χ1n) is 9.36. The van der Waals surface area contributed by atoms with E-state index in [1.54, 1.807) is 12.0 Å². The van der Waals surface area contributed by atoms with Crippen LogP contribution in [-0.2, 0) is 4.74 Å². The van der Waals surface area contributed by atoms with E-state index in [0.29, 0.717) is 17.2 Å². The molecule has 1 fully saturated rings. The molecule has 0 saturated carbocycles. The summed E-state index contributed by atoms with van der Waals surface area (Å²) < 4.78 is 11.7. The zero-order chi connectivity index (χ0) is 19.3. The fraction of sp³-hybridized carbons (Fsp3) is 0.333. The second-order valence-corrected chi connectivity index (χ2v) is 7.62. The molecule has 4 rings (SSSR count). The Morgan fingerprint density at radius 1 is 1.21 bits per heavy atom. The molecule has 0 spiro atoms. The van der Waals surface area contributed by atoms with Crippen molar-refractivity contribution in [1.82, 2.24) is 9.88 Å². The molecule has 0 aliphatic carbocycles. The number of nitrogens with zero attached hydrogens (tertiary/aromatic N) is 3. The lowest BCUT2D eigenvalue weighted by Crippen LogP contribution is -2.43. The van der Waals surface area contributed by atoms with Crippen LogP contribution in [0.25, 0.3) is 10.2 Å². The SMILES string of the molecule is COc1ccc2nc(N(CCN3CCOCC3)C(=O)c3ccccc3)sc2c1. The Labute approximate surface area is 168 Å². The highest BCUT2D eigenvalue weighted by molar-refractivity contribution is 7.22. The highest BCUT2D eigenvalue weighted by Gasteiger charge is 2.22. The van der Waals surface area contributed by atoms with Crippen LogP contribution in [0.2, 0.25) is 0 Å². The number of thiazole rings is 1. The fourth-order valence-corrected chi connectivity index (χ4v) is 4.24. The second kappa shape index (κ2) is 8.68. The van der Waals surface area contributed by atoms with Crippen LogP contribution in [-0.4, -0.2) is 62.3 Å². The summed E-state index contributed by atoms with van der Waals surface area (Å²) in [5.74, 6) is 0.761. The van der Waals surface area contributed by atoms with Crippen LogP contribution >= 0.6 is 11.3 Å². The number of benzene rings is 2. The summed E-state index contributed by atoms with van der Waals surface area (Å²) in [7, 11) is 1.65. The van der Waals surface area contributed by atoms with E-state index in [0.717, 1.165) is 48.8 Å². The largest absolute Gasteiger partial charge is 0.497 e. The molecule has 2 heterocycles. The molecule has 1 saturated heterocycles. The number of morpholine rings is 1. The molecule has 1 aliphatic rings. The van der Waals surface area contributed by atoms with Gasteiger partial charge in [0.1, 0.15) is 5.75 Å². The van der Waals surface area contributed by atoms with E-state index in [4.69, 9.17) is 14.5 Å². The van der Waals surface area contributed by atoms with Gasteiger partial charge >= 0.3 is 0 Å². The molecule has 1 amide bonds. The van der Waals surface area contributed by atoms with Crippen molar-refractivity contribution in [2.75, 3.05) is 51.4 Å². The fourth-order valence-electron chi connectivity index (χ4n) is 3.22. The summed E-state index contributed by atoms with van der Waals surface area (Å²) in [6.45, 7) is 4.65. The normalized spacial score (nSPS) is 14.9. The van der Waals surface area contributed by atoms with Crippen LogP contribution < -0.4 is 9.64 Å². The monoisotopic (exact) mass is 397 g/mol. The van der Waals surface area contributed by atoms with Gasteiger partial charge in [0.15, 0.2) is 5.13 Å². The number of carbonyl (C=O) groups is 1. The van der Waals surface area contributed by atoms with E-state index < -0.39 is 0 Å². The van der Waals surface area contributed by atoms with Crippen molar-refractivity contribution in [3.63, 3.8) is 0 Å². The molecule has 0 atom stereocenters. The third-order valence-corrected chi connectivity index (χ3v) is 5.87. The van der Waals surface area contributed by atoms with E-state index in [1.807, 2.05) is 48.5 Å². The Morgan fingerprint density at radius 2 is 2.00 bits per heavy atom. The molecule has 1 aliphatic heterocycles. The summed E-state index contributed by atoms with van der Waals surface area (Å²) in [5.41, 5.74) is 1.54. The van der Waals surface area contributed by atoms with Gasteiger partial charge in [-0.05, 0) is 30.3 Å². The zero-order valence-corrected chi connectivity index (χ0v) is 16.7. The molecule has 146 valence electrons. The van der Waals surface area contributed by atoms with Gasteiger partial charge in [-0.15, -0.1) is 0 Å². The van der Waals surface area contributed by atoms with Crippen molar-refractivity contribution in [3.05, 3.63) is 54.1 Å². The minimum atomic E-state index is -0.0279. The smallest absolute Gasteiger partial charge is 0.260 e. The lowest BCUT2D eigenvalue weighted by atomic mass is 10.2. The molecular weight excluding hydrogens is 374 g/mol. The molecule has 0 N–H and O–H groups in total. The molecule has 0 unspecified atom stereocenters. The second-order valence-electron chi connectivity index (χ2n) is 6.61. The van der Waals surface area contributed by atoms with Gasteiger partial charge in [-0.3, -0.25) is 14.6 Å². The Morgan fingerprint density at radius 3 is 2.75 bits per heavy atom. The molecule has 6 nitrogen and oxygen atoms in total. The van der Waals surface area contributed by atoms with Crippen LogP contribution in [0.5, 0.6) is 5.75 Å². The summed E-state index contributed by atoms with van der Waals surface area (Å²) in [5, 5.41) is 0.713. The lowest BCUT2D eigenvalue weighted by Gasteiger charge is -2.29. The predicted molar refractivity (Wildman–Crippen MR) is 112 cm³/mol. The number of hydrogen-bond donors (Lipinski definition) is 0. The maximum atomic E-state index is 13.2. The van der Waals surface area contributed by atoms with Crippen molar-refractivity contribution in [2.24, 2.45) is 0 Å². The van der Waals surface area contributed by atoms with Crippen molar-refractivity contribution in [1.29, 1.82) is 0 Å². The molecule has 0 bridgehead atoms. The number of carbonyl (C=O) groups excluding carboxylic acids is 1. The van der Waals surface area contributed by atoms with Crippen LogP contribution in [0.4, 0.5) is 5.13 Å². The van der Waals surface area contributed by atoms with E-state index in [2.05, 4.69) is 4.90 Å². The van der Waals surface area contributed by atoms with Crippen molar-refractivity contribution in [2.45, 2.75) is 0 Å². The van der Waals surface area contributed by atoms with Gasteiger partial charge in [0.05, 0.1) is 30.5 Å². The minimum Gasteiger partial charge on any atom is -0.497 e. The molecule has 3 aromatic rings. The molecule has 7 heteroatoms. The first-order chi connectivity index (χ1) is 13.7. The maximum Gasteiger partial charge on any atom is 0.260 e.